The second-order valence-electron chi connectivity index (χ2n) is 5.97. The van der Waals surface area contributed by atoms with E-state index >= 15 is 0 Å². The Kier molecular flexibility index (Phi) is 6.03. The highest BCUT2D eigenvalue weighted by Gasteiger charge is 2.33. The quantitative estimate of drug-likeness (QED) is 0.831. The normalized spacial score (nSPS) is 21.4. The first-order chi connectivity index (χ1) is 10.2. The molecule has 0 amide bonds. The van der Waals surface area contributed by atoms with Gasteiger partial charge in [-0.3, -0.25) is 4.90 Å². The summed E-state index contributed by atoms with van der Waals surface area (Å²) in [4.78, 5) is 4.79. The number of hydrogen-bond donors (Lipinski definition) is 1. The summed E-state index contributed by atoms with van der Waals surface area (Å²) in [7, 11) is 6.31. The van der Waals surface area contributed by atoms with E-state index in [1.807, 2.05) is 13.1 Å². The molecule has 1 N–H and O–H groups in total. The Morgan fingerprint density at radius 2 is 2.00 bits per heavy atom. The number of para-hydroxylation sites is 1. The van der Waals surface area contributed by atoms with Crippen LogP contribution < -0.4 is 10.1 Å². The van der Waals surface area contributed by atoms with Crippen molar-refractivity contribution in [1.29, 1.82) is 0 Å². The van der Waals surface area contributed by atoms with Crippen LogP contribution in [-0.4, -0.2) is 63.2 Å². The Morgan fingerprint density at radius 1 is 1.24 bits per heavy atom. The third-order valence-corrected chi connectivity index (χ3v) is 4.29. The molecule has 4 nitrogen and oxygen atoms in total. The van der Waals surface area contributed by atoms with Crippen LogP contribution in [0.1, 0.15) is 24.9 Å². The minimum Gasteiger partial charge on any atom is -0.492 e. The van der Waals surface area contributed by atoms with Crippen molar-refractivity contribution < 1.29 is 4.74 Å². The van der Waals surface area contributed by atoms with Crippen molar-refractivity contribution in [2.24, 2.45) is 0 Å². The summed E-state index contributed by atoms with van der Waals surface area (Å²) < 4.78 is 5.99. The summed E-state index contributed by atoms with van der Waals surface area (Å²) in [5.74, 6) is 1.03. The van der Waals surface area contributed by atoms with E-state index in [-0.39, 0.29) is 0 Å². The molecule has 0 radical (unpaired) electrons. The lowest BCUT2D eigenvalue weighted by atomic mass is 9.95. The van der Waals surface area contributed by atoms with Gasteiger partial charge in [0, 0.05) is 5.56 Å². The number of hydrogen-bond acceptors (Lipinski definition) is 4. The lowest BCUT2D eigenvalue weighted by molar-refractivity contribution is 0.0894. The minimum atomic E-state index is 0.342. The van der Waals surface area contributed by atoms with E-state index in [1.54, 1.807) is 0 Å². The first-order valence-electron chi connectivity index (χ1n) is 7.95. The fraction of sp³-hybridized carbons (Fsp3) is 0.647. The Bertz CT molecular complexity index is 436. The number of nitrogens with zero attached hydrogens (tertiary/aromatic N) is 2. The van der Waals surface area contributed by atoms with Crippen LogP contribution in [0.4, 0.5) is 0 Å². The summed E-state index contributed by atoms with van der Waals surface area (Å²) in [6.45, 7) is 6.30. The number of likely N-dealkylation sites (N-methyl/N-ethyl adjacent to an activating group) is 2. The molecule has 2 unspecified atom stereocenters. The van der Waals surface area contributed by atoms with E-state index in [1.165, 1.54) is 12.0 Å². The lowest BCUT2D eigenvalue weighted by Crippen LogP contribution is -2.50. The summed E-state index contributed by atoms with van der Waals surface area (Å²) in [5.41, 5.74) is 1.28. The smallest absolute Gasteiger partial charge is 0.124 e. The highest BCUT2D eigenvalue weighted by Crippen LogP contribution is 2.33. The van der Waals surface area contributed by atoms with Crippen molar-refractivity contribution in [2.75, 3.05) is 47.4 Å². The van der Waals surface area contributed by atoms with Crippen LogP contribution in [0.5, 0.6) is 5.75 Å². The number of ether oxygens (including phenoxy) is 1. The van der Waals surface area contributed by atoms with E-state index < -0.39 is 0 Å². The van der Waals surface area contributed by atoms with Gasteiger partial charge in [-0.15, -0.1) is 0 Å². The first-order valence-corrected chi connectivity index (χ1v) is 7.95. The molecule has 2 rings (SSSR count). The van der Waals surface area contributed by atoms with Gasteiger partial charge in [-0.2, -0.15) is 0 Å². The van der Waals surface area contributed by atoms with E-state index in [0.29, 0.717) is 12.1 Å². The molecule has 4 heteroatoms. The standard InChI is InChI=1S/C17H29N3O/c1-5-20(12-8-11-19(3)4)15-13-21-16-10-7-6-9-14(16)17(15)18-2/h6-7,9-10,15,17-18H,5,8,11-13H2,1-4H3. The minimum absolute atomic E-state index is 0.342. The van der Waals surface area contributed by atoms with Crippen LogP contribution in [-0.2, 0) is 0 Å². The summed E-state index contributed by atoms with van der Waals surface area (Å²) >= 11 is 0. The molecule has 0 saturated heterocycles. The Labute approximate surface area is 129 Å². The predicted molar refractivity (Wildman–Crippen MR) is 87.9 cm³/mol. The van der Waals surface area contributed by atoms with Crippen LogP contribution in [0.2, 0.25) is 0 Å². The van der Waals surface area contributed by atoms with Crippen LogP contribution in [0, 0.1) is 0 Å². The maximum atomic E-state index is 5.99. The van der Waals surface area contributed by atoms with Gasteiger partial charge in [-0.25, -0.2) is 0 Å². The Hall–Kier alpha value is -1.10. The molecule has 1 aliphatic rings. The third kappa shape index (κ3) is 3.96. The maximum Gasteiger partial charge on any atom is 0.124 e. The van der Waals surface area contributed by atoms with Crippen LogP contribution in [0.15, 0.2) is 24.3 Å². The fourth-order valence-electron chi connectivity index (χ4n) is 3.16. The molecule has 0 fully saturated rings. The summed E-state index contributed by atoms with van der Waals surface area (Å²) in [6, 6.07) is 9.12. The van der Waals surface area contributed by atoms with Gasteiger partial charge >= 0.3 is 0 Å². The molecule has 1 aromatic carbocycles. The molecule has 2 atom stereocenters. The molecule has 1 heterocycles. The van der Waals surface area contributed by atoms with E-state index in [9.17, 15) is 0 Å². The number of nitrogens with one attached hydrogen (secondary N) is 1. The van der Waals surface area contributed by atoms with E-state index in [0.717, 1.165) is 32.0 Å². The van der Waals surface area contributed by atoms with Crippen molar-refractivity contribution >= 4 is 0 Å². The molecule has 1 aromatic rings. The van der Waals surface area contributed by atoms with Crippen LogP contribution >= 0.6 is 0 Å². The van der Waals surface area contributed by atoms with Gasteiger partial charge in [0.2, 0.25) is 0 Å². The zero-order chi connectivity index (χ0) is 15.2. The monoisotopic (exact) mass is 291 g/mol. The number of rotatable bonds is 7. The van der Waals surface area contributed by atoms with Gasteiger partial charge < -0.3 is 15.0 Å². The Morgan fingerprint density at radius 3 is 2.67 bits per heavy atom. The lowest BCUT2D eigenvalue weighted by Gasteiger charge is -2.40. The fourth-order valence-corrected chi connectivity index (χ4v) is 3.16. The van der Waals surface area contributed by atoms with Gasteiger partial charge in [0.25, 0.3) is 0 Å². The van der Waals surface area contributed by atoms with Crippen molar-refractivity contribution in [3.05, 3.63) is 29.8 Å². The highest BCUT2D eigenvalue weighted by atomic mass is 16.5. The molecule has 0 spiro atoms. The second kappa shape index (κ2) is 7.78. The van der Waals surface area contributed by atoms with Crippen molar-refractivity contribution in [3.8, 4) is 5.75 Å². The van der Waals surface area contributed by atoms with Crippen LogP contribution in [0.3, 0.4) is 0 Å². The summed E-state index contributed by atoms with van der Waals surface area (Å²) in [5, 5.41) is 3.49. The molecule has 21 heavy (non-hydrogen) atoms. The molecule has 0 aromatic heterocycles. The molecular formula is C17H29N3O. The second-order valence-corrected chi connectivity index (χ2v) is 5.97. The zero-order valence-electron chi connectivity index (χ0n) is 13.8. The van der Waals surface area contributed by atoms with Gasteiger partial charge in [-0.05, 0) is 53.3 Å². The van der Waals surface area contributed by atoms with Gasteiger partial charge in [0.15, 0.2) is 0 Å². The largest absolute Gasteiger partial charge is 0.492 e. The molecule has 0 saturated carbocycles. The van der Waals surface area contributed by atoms with Gasteiger partial charge in [-0.1, -0.05) is 25.1 Å². The van der Waals surface area contributed by atoms with Gasteiger partial charge in [0.05, 0.1) is 12.1 Å². The molecule has 118 valence electrons. The van der Waals surface area contributed by atoms with Crippen LogP contribution in [0.25, 0.3) is 0 Å². The van der Waals surface area contributed by atoms with E-state index in [2.05, 4.69) is 54.3 Å². The number of benzene rings is 1. The van der Waals surface area contributed by atoms with Crippen molar-refractivity contribution in [1.82, 2.24) is 15.1 Å². The van der Waals surface area contributed by atoms with E-state index in [4.69, 9.17) is 4.74 Å². The SMILES string of the molecule is CCN(CCCN(C)C)C1COc2ccccc2C1NC. The zero-order valence-corrected chi connectivity index (χ0v) is 13.8. The third-order valence-electron chi connectivity index (χ3n) is 4.29. The molecule has 0 bridgehead atoms. The first kappa shape index (κ1) is 16.3. The molecular weight excluding hydrogens is 262 g/mol. The average molecular weight is 291 g/mol. The van der Waals surface area contributed by atoms with Gasteiger partial charge in [0.1, 0.15) is 12.4 Å². The maximum absolute atomic E-state index is 5.99. The topological polar surface area (TPSA) is 27.7 Å². The van der Waals surface area contributed by atoms with Crippen molar-refractivity contribution in [2.45, 2.75) is 25.4 Å². The number of fused-ring (bicyclic) bond motifs is 1. The summed E-state index contributed by atoms with van der Waals surface area (Å²) in [6.07, 6.45) is 1.19. The molecule has 0 aliphatic carbocycles. The average Bonchev–Trinajstić information content (AvgIpc) is 2.50. The highest BCUT2D eigenvalue weighted by molar-refractivity contribution is 5.38. The molecule has 1 aliphatic heterocycles. The van der Waals surface area contributed by atoms with Crippen molar-refractivity contribution in [3.63, 3.8) is 0 Å². The predicted octanol–water partition coefficient (Wildman–Crippen LogP) is 1.98. The Balaban J connectivity index is 2.07.